The smallest absolute Gasteiger partial charge is 0.253 e. The molecule has 2 heterocycles. The van der Waals surface area contributed by atoms with E-state index >= 15 is 0 Å². The molecule has 24 heavy (non-hydrogen) atoms. The Morgan fingerprint density at radius 2 is 2.08 bits per heavy atom. The van der Waals surface area contributed by atoms with Gasteiger partial charge >= 0.3 is 0 Å². The van der Waals surface area contributed by atoms with E-state index in [1.54, 1.807) is 24.4 Å². The number of piperidine rings is 1. The first kappa shape index (κ1) is 16.0. The highest BCUT2D eigenvalue weighted by Gasteiger charge is 2.24. The Kier molecular flexibility index (Phi) is 4.76. The number of pyridine rings is 1. The van der Waals surface area contributed by atoms with Gasteiger partial charge in [0.2, 0.25) is 0 Å². The molecular weight excluding hydrogens is 302 g/mol. The minimum atomic E-state index is -0.0511. The monoisotopic (exact) mass is 321 g/mol. The maximum Gasteiger partial charge on any atom is 0.253 e. The number of amides is 1. The summed E-state index contributed by atoms with van der Waals surface area (Å²) in [5.41, 5.74) is 2.57. The number of ether oxygens (including phenoxy) is 1. The topological polar surface area (TPSA) is 66.2 Å². The molecule has 0 N–H and O–H groups in total. The summed E-state index contributed by atoms with van der Waals surface area (Å²) < 4.78 is 5.19. The van der Waals surface area contributed by atoms with Crippen molar-refractivity contribution in [3.05, 3.63) is 48.3 Å². The van der Waals surface area contributed by atoms with Crippen LogP contribution in [0.4, 0.5) is 0 Å². The fourth-order valence-electron chi connectivity index (χ4n) is 2.94. The van der Waals surface area contributed by atoms with E-state index in [1.165, 1.54) is 0 Å². The van der Waals surface area contributed by atoms with Gasteiger partial charge in [0.05, 0.1) is 25.3 Å². The van der Waals surface area contributed by atoms with Crippen molar-refractivity contribution in [1.29, 1.82) is 5.26 Å². The fourth-order valence-corrected chi connectivity index (χ4v) is 2.94. The van der Waals surface area contributed by atoms with Crippen LogP contribution in [-0.4, -0.2) is 36.0 Å². The van der Waals surface area contributed by atoms with Crippen molar-refractivity contribution in [2.75, 3.05) is 20.2 Å². The van der Waals surface area contributed by atoms with E-state index in [-0.39, 0.29) is 11.8 Å². The van der Waals surface area contributed by atoms with Crippen molar-refractivity contribution in [2.24, 2.45) is 5.92 Å². The van der Waals surface area contributed by atoms with Crippen LogP contribution in [0.5, 0.6) is 5.75 Å². The number of nitriles is 1. The van der Waals surface area contributed by atoms with E-state index in [1.807, 2.05) is 30.3 Å². The number of carbonyl (C=O) groups excluding carboxylic acids is 1. The van der Waals surface area contributed by atoms with E-state index in [0.717, 1.165) is 30.5 Å². The molecule has 0 unspecified atom stereocenters. The lowest BCUT2D eigenvalue weighted by Gasteiger charge is -2.29. The van der Waals surface area contributed by atoms with Crippen LogP contribution in [0.2, 0.25) is 0 Å². The SMILES string of the molecule is COc1cncc(-c2ccc(C(=O)N3CCC[C@@H](C#N)C3)cc2)c1. The predicted molar refractivity (Wildman–Crippen MR) is 90.5 cm³/mol. The van der Waals surface area contributed by atoms with Crippen LogP contribution < -0.4 is 4.74 Å². The zero-order valence-electron chi connectivity index (χ0n) is 13.6. The van der Waals surface area contributed by atoms with Gasteiger partial charge in [0.15, 0.2) is 0 Å². The van der Waals surface area contributed by atoms with Crippen molar-refractivity contribution >= 4 is 5.91 Å². The number of hydrogen-bond donors (Lipinski definition) is 0. The molecule has 3 rings (SSSR count). The van der Waals surface area contributed by atoms with Crippen LogP contribution in [0.3, 0.4) is 0 Å². The zero-order chi connectivity index (χ0) is 16.9. The van der Waals surface area contributed by atoms with E-state index in [0.29, 0.717) is 17.9 Å². The lowest BCUT2D eigenvalue weighted by Crippen LogP contribution is -2.39. The van der Waals surface area contributed by atoms with Crippen LogP contribution in [0.15, 0.2) is 42.7 Å². The summed E-state index contributed by atoms with van der Waals surface area (Å²) >= 11 is 0. The van der Waals surface area contributed by atoms with Gasteiger partial charge < -0.3 is 9.64 Å². The van der Waals surface area contributed by atoms with Gasteiger partial charge in [-0.25, -0.2) is 0 Å². The Balaban J connectivity index is 1.76. The van der Waals surface area contributed by atoms with Gasteiger partial charge in [0.1, 0.15) is 5.75 Å². The quantitative estimate of drug-likeness (QED) is 0.871. The fraction of sp³-hybridized carbons (Fsp3) is 0.316. The van der Waals surface area contributed by atoms with Gasteiger partial charge in [-0.3, -0.25) is 9.78 Å². The van der Waals surface area contributed by atoms with Crippen LogP contribution in [-0.2, 0) is 0 Å². The number of methoxy groups -OCH3 is 1. The number of nitrogens with zero attached hydrogens (tertiary/aromatic N) is 3. The van der Waals surface area contributed by atoms with Gasteiger partial charge in [-0.1, -0.05) is 12.1 Å². The highest BCUT2D eigenvalue weighted by atomic mass is 16.5. The molecule has 1 saturated heterocycles. The first-order chi connectivity index (χ1) is 11.7. The minimum absolute atomic E-state index is 0.00901. The van der Waals surface area contributed by atoms with Crippen LogP contribution in [0, 0.1) is 17.2 Å². The highest BCUT2D eigenvalue weighted by Crippen LogP contribution is 2.24. The molecule has 5 heteroatoms. The summed E-state index contributed by atoms with van der Waals surface area (Å²) in [4.78, 5) is 18.5. The first-order valence-corrected chi connectivity index (χ1v) is 7.99. The molecule has 1 aliphatic heterocycles. The summed E-state index contributed by atoms with van der Waals surface area (Å²) in [5, 5.41) is 9.06. The van der Waals surface area contributed by atoms with Crippen molar-refractivity contribution < 1.29 is 9.53 Å². The predicted octanol–water partition coefficient (Wildman–Crippen LogP) is 3.13. The molecule has 2 aromatic rings. The van der Waals surface area contributed by atoms with Gasteiger partial charge in [-0.15, -0.1) is 0 Å². The average Bonchev–Trinajstić information content (AvgIpc) is 2.67. The number of likely N-dealkylation sites (tertiary alicyclic amines) is 1. The third-order valence-corrected chi connectivity index (χ3v) is 4.31. The molecule has 1 aliphatic rings. The van der Waals surface area contributed by atoms with Crippen LogP contribution in [0.25, 0.3) is 11.1 Å². The second-order valence-corrected chi connectivity index (χ2v) is 5.91. The maximum atomic E-state index is 12.6. The van der Waals surface area contributed by atoms with Crippen molar-refractivity contribution in [3.63, 3.8) is 0 Å². The molecule has 0 saturated carbocycles. The summed E-state index contributed by atoms with van der Waals surface area (Å²) in [6, 6.07) is 11.7. The minimum Gasteiger partial charge on any atom is -0.495 e. The highest BCUT2D eigenvalue weighted by molar-refractivity contribution is 5.94. The Bertz CT molecular complexity index is 765. The van der Waals surface area contributed by atoms with Gasteiger partial charge in [0.25, 0.3) is 5.91 Å². The van der Waals surface area contributed by atoms with E-state index in [2.05, 4.69) is 11.1 Å². The van der Waals surface area contributed by atoms with E-state index < -0.39 is 0 Å². The van der Waals surface area contributed by atoms with Gasteiger partial charge in [-0.2, -0.15) is 5.26 Å². The third-order valence-electron chi connectivity index (χ3n) is 4.31. The summed E-state index contributed by atoms with van der Waals surface area (Å²) in [7, 11) is 1.61. The van der Waals surface area contributed by atoms with E-state index in [9.17, 15) is 4.79 Å². The average molecular weight is 321 g/mol. The summed E-state index contributed by atoms with van der Waals surface area (Å²) in [6.45, 7) is 1.25. The van der Waals surface area contributed by atoms with Gasteiger partial charge in [0, 0.05) is 30.4 Å². The first-order valence-electron chi connectivity index (χ1n) is 7.99. The molecule has 0 radical (unpaired) electrons. The second-order valence-electron chi connectivity index (χ2n) is 5.91. The lowest BCUT2D eigenvalue weighted by atomic mass is 9.98. The molecule has 0 aliphatic carbocycles. The number of hydrogen-bond acceptors (Lipinski definition) is 4. The van der Waals surface area contributed by atoms with E-state index in [4.69, 9.17) is 10.00 Å². The molecule has 1 fully saturated rings. The number of rotatable bonds is 3. The Morgan fingerprint density at radius 3 is 2.79 bits per heavy atom. The normalized spacial score (nSPS) is 17.2. The Labute approximate surface area is 141 Å². The third kappa shape index (κ3) is 3.38. The maximum absolute atomic E-state index is 12.6. The standard InChI is InChI=1S/C19H19N3O2/c1-24-18-9-17(11-21-12-18)15-4-6-16(7-5-15)19(23)22-8-2-3-14(10-20)13-22/h4-7,9,11-12,14H,2-3,8,13H2,1H3/t14-/m0/s1. The molecular formula is C19H19N3O2. The largest absolute Gasteiger partial charge is 0.495 e. The molecule has 0 spiro atoms. The molecule has 1 atom stereocenters. The molecule has 1 aromatic carbocycles. The number of aromatic nitrogens is 1. The molecule has 1 aromatic heterocycles. The van der Waals surface area contributed by atoms with Crippen LogP contribution in [0.1, 0.15) is 23.2 Å². The summed E-state index contributed by atoms with van der Waals surface area (Å²) in [5.74, 6) is 0.638. The molecule has 5 nitrogen and oxygen atoms in total. The second kappa shape index (κ2) is 7.14. The zero-order valence-corrected chi connectivity index (χ0v) is 13.6. The van der Waals surface area contributed by atoms with Crippen molar-refractivity contribution in [1.82, 2.24) is 9.88 Å². The summed E-state index contributed by atoms with van der Waals surface area (Å²) in [6.07, 6.45) is 5.18. The van der Waals surface area contributed by atoms with Crippen LogP contribution >= 0.6 is 0 Å². The molecule has 1 amide bonds. The Morgan fingerprint density at radius 1 is 1.29 bits per heavy atom. The molecule has 122 valence electrons. The molecule has 0 bridgehead atoms. The van der Waals surface area contributed by atoms with Crippen molar-refractivity contribution in [3.8, 4) is 22.9 Å². The number of carbonyl (C=O) groups is 1. The Hall–Kier alpha value is -2.87. The van der Waals surface area contributed by atoms with Crippen molar-refractivity contribution in [2.45, 2.75) is 12.8 Å². The lowest BCUT2D eigenvalue weighted by molar-refractivity contribution is 0.0699. The van der Waals surface area contributed by atoms with Gasteiger partial charge in [-0.05, 0) is 36.6 Å². The number of benzene rings is 1.